The van der Waals surface area contributed by atoms with Crippen LogP contribution < -0.4 is 25.4 Å². The highest BCUT2D eigenvalue weighted by Crippen LogP contribution is 2.29. The summed E-state index contributed by atoms with van der Waals surface area (Å²) in [4.78, 5) is 14.1. The number of aromatic nitrogens is 3. The Labute approximate surface area is 260 Å². The van der Waals surface area contributed by atoms with Gasteiger partial charge in [0.1, 0.15) is 5.75 Å². The molecule has 3 aromatic carbocycles. The van der Waals surface area contributed by atoms with E-state index in [1.54, 1.807) is 19.2 Å². The van der Waals surface area contributed by atoms with Crippen LogP contribution in [-0.2, 0) is 16.4 Å². The molecule has 0 aliphatic heterocycles. The lowest BCUT2D eigenvalue weighted by atomic mass is 9.82. The number of anilines is 3. The van der Waals surface area contributed by atoms with E-state index >= 15 is 0 Å². The van der Waals surface area contributed by atoms with Crippen LogP contribution in [0, 0.1) is 11.8 Å². The standard InChI is InChI=1S/C33H43N7O3S/c1-23(2)37-33-39-31(34-20-19-24-15-17-28(43-3)18-16-24)38-32(40-33)35-21-25-11-13-26(14-12-25)22-36-44(41,42)30-10-6-8-27-7-4-5-9-29(27)30/h4-10,15-18,23,25-26,36H,11-14,19-22H2,1-3H3,(H3,34,35,37,38,39,40). The lowest BCUT2D eigenvalue weighted by molar-refractivity contribution is 0.284. The normalized spacial score (nSPS) is 17.0. The first-order chi connectivity index (χ1) is 21.3. The van der Waals surface area contributed by atoms with Gasteiger partial charge in [0.2, 0.25) is 27.9 Å². The molecule has 0 amide bonds. The molecule has 44 heavy (non-hydrogen) atoms. The van der Waals surface area contributed by atoms with E-state index in [2.05, 4.69) is 47.8 Å². The summed E-state index contributed by atoms with van der Waals surface area (Å²) in [6.07, 6.45) is 4.80. The summed E-state index contributed by atoms with van der Waals surface area (Å²) in [5.74, 6) is 3.23. The summed E-state index contributed by atoms with van der Waals surface area (Å²) in [6, 6.07) is 21.2. The van der Waals surface area contributed by atoms with E-state index in [0.29, 0.717) is 47.7 Å². The Morgan fingerprint density at radius 1 is 0.795 bits per heavy atom. The van der Waals surface area contributed by atoms with Crippen molar-refractivity contribution in [2.75, 3.05) is 42.7 Å². The van der Waals surface area contributed by atoms with Gasteiger partial charge in [-0.25, -0.2) is 13.1 Å². The van der Waals surface area contributed by atoms with Gasteiger partial charge >= 0.3 is 0 Å². The van der Waals surface area contributed by atoms with Gasteiger partial charge in [-0.1, -0.05) is 48.5 Å². The van der Waals surface area contributed by atoms with Crippen LogP contribution in [0.25, 0.3) is 10.8 Å². The molecule has 0 atom stereocenters. The van der Waals surface area contributed by atoms with Crippen molar-refractivity contribution >= 4 is 38.6 Å². The first-order valence-corrected chi connectivity index (χ1v) is 16.9. The Kier molecular flexibility index (Phi) is 10.5. The van der Waals surface area contributed by atoms with Gasteiger partial charge in [-0.05, 0) is 86.9 Å². The minimum absolute atomic E-state index is 0.186. The molecule has 1 fully saturated rings. The molecule has 4 N–H and O–H groups in total. The second kappa shape index (κ2) is 14.7. The van der Waals surface area contributed by atoms with E-state index in [0.717, 1.165) is 55.2 Å². The molecule has 1 aromatic heterocycles. The molecular formula is C33H43N7O3S. The molecule has 0 bridgehead atoms. The predicted molar refractivity (Wildman–Crippen MR) is 177 cm³/mol. The number of ether oxygens (including phenoxy) is 1. The molecule has 10 nitrogen and oxygen atoms in total. The average Bonchev–Trinajstić information content (AvgIpc) is 3.03. The summed E-state index contributed by atoms with van der Waals surface area (Å²) in [5, 5.41) is 11.7. The van der Waals surface area contributed by atoms with Crippen LogP contribution in [0.5, 0.6) is 5.75 Å². The van der Waals surface area contributed by atoms with Crippen LogP contribution in [0.2, 0.25) is 0 Å². The summed E-state index contributed by atoms with van der Waals surface area (Å²) in [6.45, 7) is 5.99. The molecule has 1 aliphatic carbocycles. The third kappa shape index (κ3) is 8.57. The maximum absolute atomic E-state index is 13.1. The quantitative estimate of drug-likeness (QED) is 0.141. The van der Waals surface area contributed by atoms with Gasteiger partial charge in [0.25, 0.3) is 0 Å². The number of hydrogen-bond acceptors (Lipinski definition) is 9. The Hall–Kier alpha value is -3.96. The maximum atomic E-state index is 13.1. The van der Waals surface area contributed by atoms with Gasteiger partial charge in [-0.15, -0.1) is 0 Å². The predicted octanol–water partition coefficient (Wildman–Crippen LogP) is 5.71. The minimum atomic E-state index is -3.59. The topological polar surface area (TPSA) is 130 Å². The third-order valence-electron chi connectivity index (χ3n) is 8.03. The molecule has 234 valence electrons. The molecular weight excluding hydrogens is 574 g/mol. The van der Waals surface area contributed by atoms with Crippen molar-refractivity contribution in [1.29, 1.82) is 0 Å². The van der Waals surface area contributed by atoms with E-state index < -0.39 is 10.0 Å². The molecule has 1 aliphatic rings. The van der Waals surface area contributed by atoms with Crippen molar-refractivity contribution in [3.05, 3.63) is 72.3 Å². The van der Waals surface area contributed by atoms with Crippen molar-refractivity contribution in [1.82, 2.24) is 19.7 Å². The Morgan fingerprint density at radius 3 is 2.14 bits per heavy atom. The van der Waals surface area contributed by atoms with Gasteiger partial charge in [0.05, 0.1) is 12.0 Å². The van der Waals surface area contributed by atoms with Crippen molar-refractivity contribution in [3.63, 3.8) is 0 Å². The number of fused-ring (bicyclic) bond motifs is 1. The number of methoxy groups -OCH3 is 1. The van der Waals surface area contributed by atoms with E-state index in [1.807, 2.05) is 56.3 Å². The number of sulfonamides is 1. The monoisotopic (exact) mass is 617 g/mol. The number of nitrogens with one attached hydrogen (secondary N) is 4. The molecule has 1 heterocycles. The Morgan fingerprint density at radius 2 is 1.43 bits per heavy atom. The Balaban J connectivity index is 1.11. The molecule has 4 aromatic rings. The number of hydrogen-bond donors (Lipinski definition) is 4. The van der Waals surface area contributed by atoms with Crippen molar-refractivity contribution < 1.29 is 13.2 Å². The van der Waals surface area contributed by atoms with E-state index in [9.17, 15) is 8.42 Å². The summed E-state index contributed by atoms with van der Waals surface area (Å²) < 4.78 is 34.4. The fourth-order valence-corrected chi connectivity index (χ4v) is 6.92. The van der Waals surface area contributed by atoms with Crippen molar-refractivity contribution in [3.8, 4) is 5.75 Å². The highest BCUT2D eigenvalue weighted by molar-refractivity contribution is 7.89. The zero-order valence-corrected chi connectivity index (χ0v) is 26.5. The zero-order valence-electron chi connectivity index (χ0n) is 25.7. The number of benzene rings is 3. The van der Waals surface area contributed by atoms with E-state index in [4.69, 9.17) is 4.74 Å². The van der Waals surface area contributed by atoms with Gasteiger partial charge in [-0.3, -0.25) is 0 Å². The fraction of sp³-hybridized carbons (Fsp3) is 0.424. The van der Waals surface area contributed by atoms with Gasteiger partial charge in [0.15, 0.2) is 0 Å². The molecule has 11 heteroatoms. The zero-order chi connectivity index (χ0) is 30.9. The van der Waals surface area contributed by atoms with Crippen LogP contribution in [-0.4, -0.2) is 56.2 Å². The largest absolute Gasteiger partial charge is 0.497 e. The third-order valence-corrected chi connectivity index (χ3v) is 9.51. The minimum Gasteiger partial charge on any atom is -0.497 e. The summed E-state index contributed by atoms with van der Waals surface area (Å²) in [5.41, 5.74) is 1.20. The first kappa shape index (κ1) is 31.5. The van der Waals surface area contributed by atoms with Crippen molar-refractivity contribution in [2.45, 2.75) is 56.9 Å². The lowest BCUT2D eigenvalue weighted by Crippen LogP contribution is -2.32. The van der Waals surface area contributed by atoms with Crippen molar-refractivity contribution in [2.24, 2.45) is 11.8 Å². The van der Waals surface area contributed by atoms with Gasteiger partial charge in [0, 0.05) is 31.1 Å². The van der Waals surface area contributed by atoms with Crippen LogP contribution in [0.3, 0.4) is 0 Å². The summed E-state index contributed by atoms with van der Waals surface area (Å²) in [7, 11) is -1.93. The second-order valence-corrected chi connectivity index (χ2v) is 13.5. The molecule has 0 unspecified atom stereocenters. The van der Waals surface area contributed by atoms with Crippen LogP contribution in [0.15, 0.2) is 71.6 Å². The van der Waals surface area contributed by atoms with Gasteiger partial charge < -0.3 is 20.7 Å². The first-order valence-electron chi connectivity index (χ1n) is 15.4. The maximum Gasteiger partial charge on any atom is 0.241 e. The SMILES string of the molecule is COc1ccc(CCNc2nc(NCC3CCC(CNS(=O)(=O)c4cccc5ccccc45)CC3)nc(NC(C)C)n2)cc1. The number of rotatable bonds is 14. The summed E-state index contributed by atoms with van der Waals surface area (Å²) >= 11 is 0. The molecule has 0 spiro atoms. The highest BCUT2D eigenvalue weighted by atomic mass is 32.2. The van der Waals surface area contributed by atoms with Crippen LogP contribution in [0.4, 0.5) is 17.8 Å². The van der Waals surface area contributed by atoms with Crippen LogP contribution >= 0.6 is 0 Å². The molecule has 0 saturated heterocycles. The number of nitrogens with zero attached hydrogens (tertiary/aromatic N) is 3. The molecule has 5 rings (SSSR count). The Bertz CT molecular complexity index is 1620. The van der Waals surface area contributed by atoms with Gasteiger partial charge in [-0.2, -0.15) is 15.0 Å². The average molecular weight is 618 g/mol. The van der Waals surface area contributed by atoms with E-state index in [1.165, 1.54) is 5.56 Å². The fourth-order valence-electron chi connectivity index (χ4n) is 5.58. The lowest BCUT2D eigenvalue weighted by Gasteiger charge is -2.28. The molecule has 0 radical (unpaired) electrons. The van der Waals surface area contributed by atoms with Crippen LogP contribution in [0.1, 0.15) is 45.1 Å². The second-order valence-electron chi connectivity index (χ2n) is 11.7. The molecule has 1 saturated carbocycles. The smallest absolute Gasteiger partial charge is 0.241 e. The highest BCUT2D eigenvalue weighted by Gasteiger charge is 2.24. The van der Waals surface area contributed by atoms with E-state index in [-0.39, 0.29) is 6.04 Å².